The van der Waals surface area contributed by atoms with Crippen molar-refractivity contribution in [2.24, 2.45) is 5.92 Å². The summed E-state index contributed by atoms with van der Waals surface area (Å²) in [7, 11) is 0. The molecule has 0 radical (unpaired) electrons. The van der Waals surface area contributed by atoms with Gasteiger partial charge in [0.25, 0.3) is 11.5 Å². The van der Waals surface area contributed by atoms with Crippen molar-refractivity contribution in [2.75, 3.05) is 6.61 Å². The molecule has 0 bridgehead atoms. The standard InChI is InChI=1S/C20H17F3N4O3S/c21-20(22,23)13-5-3-11(4-6-13)16-7-15(18(29)25-17(9-28)12-1-2-12)19(30)27(26-16)14-8-24-31-10-14/h3-8,10,12,17,28H,1-2,9H2,(H,25,29). The van der Waals surface area contributed by atoms with Crippen LogP contribution < -0.4 is 10.9 Å². The maximum Gasteiger partial charge on any atom is 0.416 e. The van der Waals surface area contributed by atoms with Crippen LogP contribution in [0.25, 0.3) is 16.9 Å². The molecular formula is C20H17F3N4O3S. The number of nitrogens with one attached hydrogen (secondary N) is 1. The molecule has 1 aromatic carbocycles. The Balaban J connectivity index is 1.77. The van der Waals surface area contributed by atoms with E-state index in [4.69, 9.17) is 0 Å². The second-order valence-corrected chi connectivity index (χ2v) is 7.88. The van der Waals surface area contributed by atoms with Crippen LogP contribution in [-0.2, 0) is 6.18 Å². The SMILES string of the molecule is O=C(NC(CO)C1CC1)c1cc(-c2ccc(C(F)(F)F)cc2)nn(-c2cnsc2)c1=O. The van der Waals surface area contributed by atoms with Crippen LogP contribution in [0.15, 0.2) is 46.7 Å². The molecule has 31 heavy (non-hydrogen) atoms. The zero-order chi connectivity index (χ0) is 22.2. The van der Waals surface area contributed by atoms with E-state index in [1.54, 1.807) is 5.38 Å². The first-order chi connectivity index (χ1) is 14.8. The van der Waals surface area contributed by atoms with Crippen molar-refractivity contribution in [3.05, 3.63) is 63.4 Å². The lowest BCUT2D eigenvalue weighted by Gasteiger charge is -2.16. The summed E-state index contributed by atoms with van der Waals surface area (Å²) in [5.41, 5.74) is -0.953. The number of rotatable bonds is 6. The number of aromatic nitrogens is 3. The minimum absolute atomic E-state index is 0.150. The lowest BCUT2D eigenvalue weighted by Crippen LogP contribution is -2.42. The van der Waals surface area contributed by atoms with E-state index in [-0.39, 0.29) is 23.8 Å². The third-order valence-corrected chi connectivity index (χ3v) is 5.61. The number of aliphatic hydroxyl groups is 1. The first-order valence-electron chi connectivity index (χ1n) is 9.41. The minimum atomic E-state index is -4.49. The Labute approximate surface area is 178 Å². The molecule has 1 atom stereocenters. The van der Waals surface area contributed by atoms with Gasteiger partial charge in [-0.25, -0.2) is 0 Å². The molecular weight excluding hydrogens is 433 g/mol. The largest absolute Gasteiger partial charge is 0.416 e. The van der Waals surface area contributed by atoms with Gasteiger partial charge in [-0.1, -0.05) is 12.1 Å². The molecule has 0 aliphatic heterocycles. The van der Waals surface area contributed by atoms with Gasteiger partial charge in [-0.2, -0.15) is 27.3 Å². The second-order valence-electron chi connectivity index (χ2n) is 7.22. The zero-order valence-electron chi connectivity index (χ0n) is 16.0. The summed E-state index contributed by atoms with van der Waals surface area (Å²) in [6.07, 6.45) is -1.33. The maximum atomic E-state index is 12.9. The van der Waals surface area contributed by atoms with E-state index >= 15 is 0 Å². The van der Waals surface area contributed by atoms with Crippen LogP contribution in [-0.4, -0.2) is 37.8 Å². The Hall–Kier alpha value is -3.05. The predicted octanol–water partition coefficient (Wildman–Crippen LogP) is 2.88. The summed E-state index contributed by atoms with van der Waals surface area (Å²) in [5.74, 6) is -0.517. The highest BCUT2D eigenvalue weighted by molar-refractivity contribution is 7.03. The van der Waals surface area contributed by atoms with Crippen molar-refractivity contribution in [2.45, 2.75) is 25.1 Å². The fourth-order valence-corrected chi connectivity index (χ4v) is 3.66. The molecule has 1 fully saturated rings. The zero-order valence-corrected chi connectivity index (χ0v) is 16.8. The monoisotopic (exact) mass is 450 g/mol. The highest BCUT2D eigenvalue weighted by Crippen LogP contribution is 2.33. The smallest absolute Gasteiger partial charge is 0.394 e. The van der Waals surface area contributed by atoms with Crippen molar-refractivity contribution in [1.29, 1.82) is 0 Å². The fraction of sp³-hybridized carbons (Fsp3) is 0.300. The molecule has 1 unspecified atom stereocenters. The molecule has 1 aliphatic rings. The Morgan fingerprint density at radius 3 is 2.55 bits per heavy atom. The van der Waals surface area contributed by atoms with Gasteiger partial charge in [0.05, 0.1) is 35.8 Å². The quantitative estimate of drug-likeness (QED) is 0.602. The molecule has 1 amide bonds. The number of benzene rings is 1. The van der Waals surface area contributed by atoms with Gasteiger partial charge in [0.1, 0.15) is 5.56 Å². The number of carbonyl (C=O) groups excluding carboxylic acids is 1. The number of alkyl halides is 3. The average molecular weight is 450 g/mol. The van der Waals surface area contributed by atoms with Crippen molar-refractivity contribution in [3.63, 3.8) is 0 Å². The van der Waals surface area contributed by atoms with Crippen molar-refractivity contribution in [3.8, 4) is 16.9 Å². The second kappa shape index (κ2) is 8.23. The molecule has 0 saturated heterocycles. The highest BCUT2D eigenvalue weighted by Gasteiger charge is 2.33. The Morgan fingerprint density at radius 1 is 1.29 bits per heavy atom. The van der Waals surface area contributed by atoms with Crippen LogP contribution >= 0.6 is 11.5 Å². The third kappa shape index (κ3) is 4.52. The lowest BCUT2D eigenvalue weighted by molar-refractivity contribution is -0.137. The van der Waals surface area contributed by atoms with Crippen LogP contribution in [0.5, 0.6) is 0 Å². The molecule has 4 rings (SSSR count). The van der Waals surface area contributed by atoms with Gasteiger partial charge < -0.3 is 10.4 Å². The number of aliphatic hydroxyl groups excluding tert-OH is 1. The van der Waals surface area contributed by atoms with Crippen molar-refractivity contribution >= 4 is 17.4 Å². The van der Waals surface area contributed by atoms with Gasteiger partial charge in [0, 0.05) is 10.9 Å². The maximum absolute atomic E-state index is 12.9. The lowest BCUT2D eigenvalue weighted by atomic mass is 10.1. The minimum Gasteiger partial charge on any atom is -0.394 e. The van der Waals surface area contributed by atoms with E-state index in [0.29, 0.717) is 11.3 Å². The van der Waals surface area contributed by atoms with Crippen molar-refractivity contribution in [1.82, 2.24) is 19.5 Å². The van der Waals surface area contributed by atoms with E-state index in [1.807, 2.05) is 0 Å². The molecule has 1 saturated carbocycles. The molecule has 7 nitrogen and oxygen atoms in total. The van der Waals surface area contributed by atoms with Gasteiger partial charge in [-0.3, -0.25) is 9.59 Å². The number of hydrogen-bond donors (Lipinski definition) is 2. The van der Waals surface area contributed by atoms with E-state index < -0.39 is 29.2 Å². The number of halogens is 3. The number of carbonyl (C=O) groups is 1. The van der Waals surface area contributed by atoms with E-state index in [9.17, 15) is 27.9 Å². The third-order valence-electron chi connectivity index (χ3n) is 5.03. The first kappa shape index (κ1) is 21.2. The molecule has 3 aromatic rings. The summed E-state index contributed by atoms with van der Waals surface area (Å²) in [4.78, 5) is 25.8. The number of nitrogens with zero attached hydrogens (tertiary/aromatic N) is 3. The topological polar surface area (TPSA) is 97.1 Å². The van der Waals surface area contributed by atoms with E-state index in [0.717, 1.165) is 41.2 Å². The first-order valence-corrected chi connectivity index (χ1v) is 10.2. The fourth-order valence-electron chi connectivity index (χ4n) is 3.16. The van der Waals surface area contributed by atoms with Gasteiger partial charge in [-0.05, 0) is 48.5 Å². The van der Waals surface area contributed by atoms with Crippen molar-refractivity contribution < 1.29 is 23.1 Å². The van der Waals surface area contributed by atoms with Crippen LogP contribution in [0.1, 0.15) is 28.8 Å². The van der Waals surface area contributed by atoms with Crippen LogP contribution in [0.3, 0.4) is 0 Å². The van der Waals surface area contributed by atoms with Gasteiger partial charge >= 0.3 is 6.18 Å². The van der Waals surface area contributed by atoms with Crippen LogP contribution in [0.4, 0.5) is 13.2 Å². The summed E-state index contributed by atoms with van der Waals surface area (Å²) in [5, 5.41) is 18.0. The predicted molar refractivity (Wildman–Crippen MR) is 107 cm³/mol. The Bertz CT molecular complexity index is 1140. The summed E-state index contributed by atoms with van der Waals surface area (Å²) >= 11 is 1.08. The van der Waals surface area contributed by atoms with E-state index in [1.165, 1.54) is 24.4 Å². The Morgan fingerprint density at radius 2 is 2.00 bits per heavy atom. The summed E-state index contributed by atoms with van der Waals surface area (Å²) < 4.78 is 43.6. The molecule has 2 N–H and O–H groups in total. The molecule has 0 spiro atoms. The highest BCUT2D eigenvalue weighted by atomic mass is 32.1. The molecule has 2 heterocycles. The molecule has 11 heteroatoms. The summed E-state index contributed by atoms with van der Waals surface area (Å²) in [6, 6.07) is 5.06. The molecule has 2 aromatic heterocycles. The number of amides is 1. The van der Waals surface area contributed by atoms with E-state index in [2.05, 4.69) is 14.8 Å². The van der Waals surface area contributed by atoms with Gasteiger partial charge in [0.2, 0.25) is 0 Å². The molecule has 1 aliphatic carbocycles. The van der Waals surface area contributed by atoms with Gasteiger partial charge in [0.15, 0.2) is 0 Å². The average Bonchev–Trinajstić information content (AvgIpc) is 3.45. The van der Waals surface area contributed by atoms with Crippen LogP contribution in [0.2, 0.25) is 0 Å². The molecule has 162 valence electrons. The Kier molecular flexibility index (Phi) is 5.63. The number of hydrogen-bond acceptors (Lipinski definition) is 6. The van der Waals surface area contributed by atoms with Gasteiger partial charge in [-0.15, -0.1) is 0 Å². The van der Waals surface area contributed by atoms with Crippen LogP contribution in [0, 0.1) is 5.92 Å². The normalized spacial score (nSPS) is 15.0. The summed E-state index contributed by atoms with van der Waals surface area (Å²) in [6.45, 7) is -0.254.